The summed E-state index contributed by atoms with van der Waals surface area (Å²) in [4.78, 5) is 11.7. The number of carbonyl (C=O) groups excluding carboxylic acids is 1. The van der Waals surface area contributed by atoms with Crippen molar-refractivity contribution in [3.8, 4) is 11.5 Å². The Morgan fingerprint density at radius 1 is 1.07 bits per heavy atom. The Labute approximate surface area is 164 Å². The molecule has 0 amide bonds. The third kappa shape index (κ3) is 4.45. The number of rotatable bonds is 5. The first kappa shape index (κ1) is 20.2. The van der Waals surface area contributed by atoms with Gasteiger partial charge in [0, 0.05) is 12.1 Å². The minimum absolute atomic E-state index is 0.0110. The number of nitrogens with one attached hydrogen (secondary N) is 1. The predicted octanol–water partition coefficient (Wildman–Crippen LogP) is 2.89. The molecule has 1 aliphatic rings. The second-order valence-corrected chi connectivity index (χ2v) is 8.65. The number of sulfonamides is 1. The summed E-state index contributed by atoms with van der Waals surface area (Å²) in [5.41, 5.74) is 0.946. The highest BCUT2D eigenvalue weighted by atomic mass is 32.2. The SMILES string of the molecule is COC(=O)c1cccc(S(=O)(=O)NC2CCC(c3ccc(O)cc3O)CC2)c1. The third-order valence-electron chi connectivity index (χ3n) is 5.07. The van der Waals surface area contributed by atoms with Crippen LogP contribution in [0.5, 0.6) is 11.5 Å². The van der Waals surface area contributed by atoms with Gasteiger partial charge in [-0.1, -0.05) is 12.1 Å². The van der Waals surface area contributed by atoms with Gasteiger partial charge in [0.1, 0.15) is 11.5 Å². The van der Waals surface area contributed by atoms with E-state index in [1.54, 1.807) is 6.07 Å². The average Bonchev–Trinajstić information content (AvgIpc) is 2.68. The summed E-state index contributed by atoms with van der Waals surface area (Å²) in [7, 11) is -2.52. The van der Waals surface area contributed by atoms with Crippen molar-refractivity contribution in [3.05, 3.63) is 53.6 Å². The number of methoxy groups -OCH3 is 1. The Morgan fingerprint density at radius 2 is 1.79 bits per heavy atom. The Kier molecular flexibility index (Phi) is 5.90. The molecule has 1 saturated carbocycles. The van der Waals surface area contributed by atoms with E-state index in [0.29, 0.717) is 25.7 Å². The highest BCUT2D eigenvalue weighted by molar-refractivity contribution is 7.89. The van der Waals surface area contributed by atoms with E-state index in [9.17, 15) is 23.4 Å². The molecule has 3 N–H and O–H groups in total. The summed E-state index contributed by atoms with van der Waals surface area (Å²) in [5, 5.41) is 19.4. The van der Waals surface area contributed by atoms with Gasteiger partial charge in [0.05, 0.1) is 17.6 Å². The largest absolute Gasteiger partial charge is 0.508 e. The van der Waals surface area contributed by atoms with Crippen molar-refractivity contribution in [3.63, 3.8) is 0 Å². The summed E-state index contributed by atoms with van der Waals surface area (Å²) in [6.07, 6.45) is 2.68. The highest BCUT2D eigenvalue weighted by Gasteiger charge is 2.28. The van der Waals surface area contributed by atoms with Gasteiger partial charge in [-0.15, -0.1) is 0 Å². The number of ether oxygens (including phenoxy) is 1. The molecule has 0 atom stereocenters. The maximum absolute atomic E-state index is 12.7. The van der Waals surface area contributed by atoms with Gasteiger partial charge >= 0.3 is 5.97 Å². The number of phenols is 2. The molecule has 1 aliphatic carbocycles. The van der Waals surface area contributed by atoms with Crippen LogP contribution in [-0.4, -0.2) is 37.8 Å². The van der Waals surface area contributed by atoms with Crippen LogP contribution in [-0.2, 0) is 14.8 Å². The van der Waals surface area contributed by atoms with Crippen molar-refractivity contribution in [2.24, 2.45) is 0 Å². The van der Waals surface area contributed by atoms with E-state index in [-0.39, 0.29) is 33.9 Å². The number of hydrogen-bond donors (Lipinski definition) is 3. The molecule has 7 nitrogen and oxygen atoms in total. The van der Waals surface area contributed by atoms with Gasteiger partial charge < -0.3 is 14.9 Å². The summed E-state index contributed by atoms with van der Waals surface area (Å²) >= 11 is 0. The Hall–Kier alpha value is -2.58. The minimum atomic E-state index is -3.76. The maximum Gasteiger partial charge on any atom is 0.337 e. The molecule has 0 bridgehead atoms. The van der Waals surface area contributed by atoms with Crippen LogP contribution < -0.4 is 4.72 Å². The fraction of sp³-hybridized carbons (Fsp3) is 0.350. The quantitative estimate of drug-likeness (QED) is 0.659. The Bertz CT molecular complexity index is 964. The van der Waals surface area contributed by atoms with Crippen LogP contribution in [0.4, 0.5) is 0 Å². The van der Waals surface area contributed by atoms with Crippen molar-refractivity contribution in [2.75, 3.05) is 7.11 Å². The molecular weight excluding hydrogens is 382 g/mol. The predicted molar refractivity (Wildman–Crippen MR) is 103 cm³/mol. The van der Waals surface area contributed by atoms with Crippen LogP contribution >= 0.6 is 0 Å². The molecule has 0 unspecified atom stereocenters. The van der Waals surface area contributed by atoms with Crippen molar-refractivity contribution in [2.45, 2.75) is 42.5 Å². The minimum Gasteiger partial charge on any atom is -0.508 e. The number of esters is 1. The highest BCUT2D eigenvalue weighted by Crippen LogP contribution is 2.38. The maximum atomic E-state index is 12.7. The van der Waals surface area contributed by atoms with E-state index in [1.165, 1.54) is 43.5 Å². The Balaban J connectivity index is 1.66. The molecule has 2 aromatic rings. The van der Waals surface area contributed by atoms with Gasteiger partial charge in [-0.05, 0) is 61.4 Å². The fourth-order valence-electron chi connectivity index (χ4n) is 3.60. The standard InChI is InChI=1S/C20H23NO6S/c1-27-20(24)14-3-2-4-17(11-14)28(25,26)21-15-7-5-13(6-8-15)18-10-9-16(22)12-19(18)23/h2-4,9-13,15,21-23H,5-8H2,1H3. The molecule has 1 fully saturated rings. The molecular formula is C20H23NO6S. The topological polar surface area (TPSA) is 113 Å². The number of carbonyl (C=O) groups is 1. The van der Waals surface area contributed by atoms with Crippen molar-refractivity contribution >= 4 is 16.0 Å². The normalized spacial score (nSPS) is 19.9. The number of benzene rings is 2. The zero-order valence-corrected chi connectivity index (χ0v) is 16.3. The van der Waals surface area contributed by atoms with E-state index in [1.807, 2.05) is 0 Å². The lowest BCUT2D eigenvalue weighted by atomic mass is 9.81. The third-order valence-corrected chi connectivity index (χ3v) is 6.59. The molecule has 0 saturated heterocycles. The summed E-state index contributed by atoms with van der Waals surface area (Å²) < 4.78 is 32.7. The summed E-state index contributed by atoms with van der Waals surface area (Å²) in [6.45, 7) is 0. The molecule has 8 heteroatoms. The van der Waals surface area contributed by atoms with Gasteiger partial charge in [-0.2, -0.15) is 0 Å². The fourth-order valence-corrected chi connectivity index (χ4v) is 4.95. The van der Waals surface area contributed by atoms with Crippen LogP contribution in [0.2, 0.25) is 0 Å². The smallest absolute Gasteiger partial charge is 0.337 e. The molecule has 0 spiro atoms. The van der Waals surface area contributed by atoms with Crippen LogP contribution in [0.1, 0.15) is 47.5 Å². The molecule has 2 aromatic carbocycles. The summed E-state index contributed by atoms with van der Waals surface area (Å²) in [6, 6.07) is 10.1. The number of aromatic hydroxyl groups is 2. The molecule has 0 aliphatic heterocycles. The lowest BCUT2D eigenvalue weighted by Crippen LogP contribution is -2.37. The lowest BCUT2D eigenvalue weighted by molar-refractivity contribution is 0.0600. The van der Waals surface area contributed by atoms with Gasteiger partial charge in [-0.3, -0.25) is 0 Å². The van der Waals surface area contributed by atoms with E-state index in [2.05, 4.69) is 9.46 Å². The van der Waals surface area contributed by atoms with E-state index in [0.717, 1.165) is 5.56 Å². The second-order valence-electron chi connectivity index (χ2n) is 6.93. The summed E-state index contributed by atoms with van der Waals surface area (Å²) in [5.74, 6) is -0.407. The first-order chi connectivity index (χ1) is 13.3. The van der Waals surface area contributed by atoms with E-state index in [4.69, 9.17) is 0 Å². The van der Waals surface area contributed by atoms with E-state index < -0.39 is 16.0 Å². The Morgan fingerprint density at radius 3 is 2.43 bits per heavy atom. The van der Waals surface area contributed by atoms with Gasteiger partial charge in [-0.25, -0.2) is 17.9 Å². The molecule has 3 rings (SSSR count). The van der Waals surface area contributed by atoms with Crippen LogP contribution in [0, 0.1) is 0 Å². The van der Waals surface area contributed by atoms with E-state index >= 15 is 0 Å². The first-order valence-corrected chi connectivity index (χ1v) is 10.5. The molecule has 0 aromatic heterocycles. The molecule has 150 valence electrons. The van der Waals surface area contributed by atoms with Crippen LogP contribution in [0.25, 0.3) is 0 Å². The zero-order chi connectivity index (χ0) is 20.3. The van der Waals surface area contributed by atoms with Crippen LogP contribution in [0.15, 0.2) is 47.4 Å². The number of phenolic OH excluding ortho intramolecular Hbond substituents is 2. The first-order valence-electron chi connectivity index (χ1n) is 9.03. The van der Waals surface area contributed by atoms with Crippen molar-refractivity contribution in [1.82, 2.24) is 4.72 Å². The lowest BCUT2D eigenvalue weighted by Gasteiger charge is -2.29. The van der Waals surface area contributed by atoms with Gasteiger partial charge in [0.25, 0.3) is 0 Å². The van der Waals surface area contributed by atoms with Gasteiger partial charge in [0.2, 0.25) is 10.0 Å². The molecule has 28 heavy (non-hydrogen) atoms. The van der Waals surface area contributed by atoms with Crippen molar-refractivity contribution < 1.29 is 28.2 Å². The van der Waals surface area contributed by atoms with Gasteiger partial charge in [0.15, 0.2) is 0 Å². The molecule has 0 heterocycles. The second kappa shape index (κ2) is 8.20. The zero-order valence-electron chi connectivity index (χ0n) is 15.5. The van der Waals surface area contributed by atoms with Crippen LogP contribution in [0.3, 0.4) is 0 Å². The number of hydrogen-bond acceptors (Lipinski definition) is 6. The molecule has 0 radical (unpaired) electrons. The average molecular weight is 405 g/mol. The monoisotopic (exact) mass is 405 g/mol. The van der Waals surface area contributed by atoms with Crippen molar-refractivity contribution in [1.29, 1.82) is 0 Å².